The molecule has 1 fully saturated rings. The van der Waals surface area contributed by atoms with Crippen molar-refractivity contribution in [3.05, 3.63) is 41.4 Å². The summed E-state index contributed by atoms with van der Waals surface area (Å²) in [5, 5.41) is 13.5. The van der Waals surface area contributed by atoms with Gasteiger partial charge in [-0.3, -0.25) is 14.5 Å². The SMILES string of the molecule is CC1(C)Cc2cc(NC(=O)/C(C=N)=C3\N=CC=CN3)c(O[C@@H]3CCN(CC(N)=O)C3)cc2O1. The summed E-state index contributed by atoms with van der Waals surface area (Å²) in [5.74, 6) is 0.618. The van der Waals surface area contributed by atoms with E-state index in [1.807, 2.05) is 24.8 Å². The smallest absolute Gasteiger partial charge is 0.261 e. The number of anilines is 1. The zero-order chi connectivity index (χ0) is 23.6. The fourth-order valence-corrected chi connectivity index (χ4v) is 4.17. The van der Waals surface area contributed by atoms with Crippen molar-refractivity contribution in [2.45, 2.75) is 38.4 Å². The number of nitrogens with one attached hydrogen (secondary N) is 3. The molecule has 3 aliphatic heterocycles. The maximum atomic E-state index is 13.0. The number of fused-ring (bicyclic) bond motifs is 1. The van der Waals surface area contributed by atoms with Crippen LogP contribution in [0.2, 0.25) is 0 Å². The number of nitrogens with two attached hydrogens (primary N) is 1. The van der Waals surface area contributed by atoms with Crippen LogP contribution in [0.5, 0.6) is 11.5 Å². The number of hydrogen-bond acceptors (Lipinski definition) is 8. The summed E-state index contributed by atoms with van der Waals surface area (Å²) in [6, 6.07) is 3.66. The second kappa shape index (κ2) is 9.07. The van der Waals surface area contributed by atoms with Gasteiger partial charge in [-0.25, -0.2) is 4.99 Å². The summed E-state index contributed by atoms with van der Waals surface area (Å²) < 4.78 is 12.3. The highest BCUT2D eigenvalue weighted by molar-refractivity contribution is 6.18. The molecular weight excluding hydrogens is 424 g/mol. The molecule has 1 aromatic carbocycles. The molecule has 0 aliphatic carbocycles. The summed E-state index contributed by atoms with van der Waals surface area (Å²) in [6.45, 7) is 5.44. The van der Waals surface area contributed by atoms with Gasteiger partial charge in [0.2, 0.25) is 5.91 Å². The van der Waals surface area contributed by atoms with Crippen LogP contribution in [0.25, 0.3) is 0 Å². The topological polar surface area (TPSA) is 142 Å². The van der Waals surface area contributed by atoms with Gasteiger partial charge in [-0.1, -0.05) is 0 Å². The Morgan fingerprint density at radius 1 is 1.45 bits per heavy atom. The Kier molecular flexibility index (Phi) is 6.19. The van der Waals surface area contributed by atoms with Crippen molar-refractivity contribution < 1.29 is 19.1 Å². The van der Waals surface area contributed by atoms with Gasteiger partial charge in [0, 0.05) is 49.8 Å². The fourth-order valence-electron chi connectivity index (χ4n) is 4.17. The Labute approximate surface area is 192 Å². The first-order chi connectivity index (χ1) is 15.7. The lowest BCUT2D eigenvalue weighted by Gasteiger charge is -2.20. The summed E-state index contributed by atoms with van der Waals surface area (Å²) in [7, 11) is 0. The molecule has 174 valence electrons. The number of allylic oxidation sites excluding steroid dienone is 1. The van der Waals surface area contributed by atoms with Crippen LogP contribution in [0.3, 0.4) is 0 Å². The lowest BCUT2D eigenvalue weighted by molar-refractivity contribution is -0.119. The number of primary amides is 1. The molecule has 4 rings (SSSR count). The standard InChI is InChI=1S/C23H28N6O4/c1-23(2)10-14-8-17(28-22(31)16(11-24)21-26-5-3-6-27-21)19(9-18(14)33-23)32-15-4-7-29(12-15)13-20(25)30/h3,5-6,8-9,11,15,24,26H,4,7,10,12-13H2,1-2H3,(H2,25,30)(H,28,31)/b21-16-,24-11?/t15-/m1/s1. The Hall–Kier alpha value is -3.66. The molecule has 3 heterocycles. The number of hydrogen-bond donors (Lipinski definition) is 4. The van der Waals surface area contributed by atoms with E-state index in [9.17, 15) is 9.59 Å². The zero-order valence-corrected chi connectivity index (χ0v) is 18.7. The molecule has 0 saturated carbocycles. The summed E-state index contributed by atoms with van der Waals surface area (Å²) in [5.41, 5.74) is 6.50. The minimum Gasteiger partial charge on any atom is -0.487 e. The molecule has 0 aromatic heterocycles. The highest BCUT2D eigenvalue weighted by Gasteiger charge is 2.33. The third-order valence-electron chi connectivity index (χ3n) is 5.57. The molecule has 0 spiro atoms. The van der Waals surface area contributed by atoms with Crippen LogP contribution in [-0.4, -0.2) is 60.5 Å². The van der Waals surface area contributed by atoms with Crippen molar-refractivity contribution in [2.75, 3.05) is 25.0 Å². The second-order valence-corrected chi connectivity index (χ2v) is 8.87. The lowest BCUT2D eigenvalue weighted by Crippen LogP contribution is -2.33. The van der Waals surface area contributed by atoms with Crippen LogP contribution >= 0.6 is 0 Å². The highest BCUT2D eigenvalue weighted by atomic mass is 16.5. The highest BCUT2D eigenvalue weighted by Crippen LogP contribution is 2.42. The predicted octanol–water partition coefficient (Wildman–Crippen LogP) is 1.33. The van der Waals surface area contributed by atoms with Crippen molar-refractivity contribution in [3.63, 3.8) is 0 Å². The molecule has 10 nitrogen and oxygen atoms in total. The van der Waals surface area contributed by atoms with E-state index in [4.69, 9.17) is 20.6 Å². The molecule has 1 saturated heterocycles. The Morgan fingerprint density at radius 3 is 2.97 bits per heavy atom. The van der Waals surface area contributed by atoms with Crippen LogP contribution in [0.1, 0.15) is 25.8 Å². The van der Waals surface area contributed by atoms with Gasteiger partial charge in [0.25, 0.3) is 5.91 Å². The van der Waals surface area contributed by atoms with E-state index in [-0.39, 0.29) is 35.6 Å². The third kappa shape index (κ3) is 5.23. The molecular formula is C23H28N6O4. The van der Waals surface area contributed by atoms with Crippen LogP contribution in [0.15, 0.2) is 40.8 Å². The summed E-state index contributed by atoms with van der Waals surface area (Å²) in [6.07, 6.45) is 7.10. The second-order valence-electron chi connectivity index (χ2n) is 8.87. The zero-order valence-electron chi connectivity index (χ0n) is 18.7. The minimum atomic E-state index is -0.482. The van der Waals surface area contributed by atoms with Gasteiger partial charge in [-0.15, -0.1) is 0 Å². The average molecular weight is 453 g/mol. The quantitative estimate of drug-likeness (QED) is 0.363. The minimum absolute atomic E-state index is 0.0899. The fraction of sp³-hybridized carbons (Fsp3) is 0.391. The van der Waals surface area contributed by atoms with Crippen molar-refractivity contribution >= 4 is 29.9 Å². The van der Waals surface area contributed by atoms with E-state index in [1.165, 1.54) is 0 Å². The van der Waals surface area contributed by atoms with Gasteiger partial charge in [0.1, 0.15) is 29.0 Å². The first-order valence-electron chi connectivity index (χ1n) is 10.8. The van der Waals surface area contributed by atoms with Crippen molar-refractivity contribution in [1.29, 1.82) is 5.41 Å². The molecule has 1 aromatic rings. The van der Waals surface area contributed by atoms with Gasteiger partial charge < -0.3 is 31.3 Å². The van der Waals surface area contributed by atoms with E-state index >= 15 is 0 Å². The maximum absolute atomic E-state index is 13.0. The monoisotopic (exact) mass is 452 g/mol. The van der Waals surface area contributed by atoms with Gasteiger partial charge in [0.15, 0.2) is 0 Å². The number of carbonyl (C=O) groups excluding carboxylic acids is 2. The number of benzene rings is 1. The third-order valence-corrected chi connectivity index (χ3v) is 5.57. The molecule has 1 atom stereocenters. The Morgan fingerprint density at radius 2 is 2.27 bits per heavy atom. The van der Waals surface area contributed by atoms with Crippen molar-refractivity contribution in [2.24, 2.45) is 10.7 Å². The maximum Gasteiger partial charge on any atom is 0.261 e. The molecule has 3 aliphatic rings. The van der Waals surface area contributed by atoms with Gasteiger partial charge >= 0.3 is 0 Å². The van der Waals surface area contributed by atoms with Crippen molar-refractivity contribution in [3.8, 4) is 11.5 Å². The van der Waals surface area contributed by atoms with Gasteiger partial charge in [-0.2, -0.15) is 0 Å². The molecule has 0 bridgehead atoms. The molecule has 0 unspecified atom stereocenters. The van der Waals surface area contributed by atoms with Gasteiger partial charge in [0.05, 0.1) is 17.8 Å². The first kappa shape index (κ1) is 22.5. The summed E-state index contributed by atoms with van der Waals surface area (Å²) in [4.78, 5) is 30.3. The van der Waals surface area contributed by atoms with E-state index < -0.39 is 5.91 Å². The van der Waals surface area contributed by atoms with E-state index in [2.05, 4.69) is 15.6 Å². The number of ether oxygens (including phenoxy) is 2. The van der Waals surface area contributed by atoms with Crippen LogP contribution in [-0.2, 0) is 16.0 Å². The Balaban J connectivity index is 1.59. The summed E-state index contributed by atoms with van der Waals surface area (Å²) >= 11 is 0. The number of rotatable bonds is 7. The lowest BCUT2D eigenvalue weighted by atomic mass is 10.0. The van der Waals surface area contributed by atoms with Crippen molar-refractivity contribution in [1.82, 2.24) is 10.2 Å². The van der Waals surface area contributed by atoms with Crippen LogP contribution in [0, 0.1) is 5.41 Å². The average Bonchev–Trinajstić information content (AvgIpc) is 3.30. The number of aliphatic imine (C=N–C) groups is 1. The van der Waals surface area contributed by atoms with Crippen LogP contribution < -0.4 is 25.8 Å². The molecule has 33 heavy (non-hydrogen) atoms. The van der Waals surface area contributed by atoms with E-state index in [0.717, 1.165) is 18.2 Å². The molecule has 0 radical (unpaired) electrons. The van der Waals surface area contributed by atoms with E-state index in [0.29, 0.717) is 36.7 Å². The molecule has 10 heteroatoms. The predicted molar refractivity (Wildman–Crippen MR) is 125 cm³/mol. The number of carbonyl (C=O) groups is 2. The van der Waals surface area contributed by atoms with Crippen LogP contribution in [0.4, 0.5) is 5.69 Å². The van der Waals surface area contributed by atoms with Gasteiger partial charge in [-0.05, 0) is 32.4 Å². The Bertz CT molecular complexity index is 1070. The molecule has 5 N–H and O–H groups in total. The van der Waals surface area contributed by atoms with E-state index in [1.54, 1.807) is 24.6 Å². The normalized spacial score (nSPS) is 22.2. The molecule has 2 amide bonds. The first-order valence-corrected chi connectivity index (χ1v) is 10.8. The number of likely N-dealkylation sites (tertiary alicyclic amines) is 1. The largest absolute Gasteiger partial charge is 0.487 e. The number of nitrogens with zero attached hydrogens (tertiary/aromatic N) is 2. The number of amides is 2.